The molecule has 1 N–H and O–H groups in total. The highest BCUT2D eigenvalue weighted by atomic mass is 35.5. The molecule has 1 atom stereocenters. The molecule has 0 saturated heterocycles. The van der Waals surface area contributed by atoms with Crippen LogP contribution in [0, 0.1) is 0 Å². The third-order valence-electron chi connectivity index (χ3n) is 0.709. The highest BCUT2D eigenvalue weighted by Gasteiger charge is 1.99. The molecule has 0 bridgehead atoms. The Hall–Kier alpha value is 0.210. The molecule has 0 aromatic carbocycles. The minimum Gasteiger partial charge on any atom is -0.394 e. The van der Waals surface area contributed by atoms with Crippen molar-refractivity contribution in [3.8, 4) is 0 Å². The SMILES string of the molecule is COC(CO)CCl. The molecule has 0 aromatic rings. The Morgan fingerprint density at radius 3 is 2.43 bits per heavy atom. The van der Waals surface area contributed by atoms with Gasteiger partial charge in [0.25, 0.3) is 0 Å². The molecule has 0 aliphatic rings. The minimum absolute atomic E-state index is 0. The Bertz CT molecular complexity index is 31.2. The van der Waals surface area contributed by atoms with Crippen LogP contribution in [0.15, 0.2) is 0 Å². The Balaban J connectivity index is 2.99. The predicted molar refractivity (Wildman–Crippen MR) is 28.6 cm³/mol. The molecule has 0 aliphatic heterocycles. The average Bonchev–Trinajstić information content (AvgIpc) is 1.72. The van der Waals surface area contributed by atoms with Gasteiger partial charge in [0.1, 0.15) is 0 Å². The van der Waals surface area contributed by atoms with Gasteiger partial charge in [0.15, 0.2) is 0 Å². The average molecular weight is 125 g/mol. The summed E-state index contributed by atoms with van der Waals surface area (Å²) in [6.45, 7) is 0. The maximum Gasteiger partial charge on any atom is 0.0936 e. The molecule has 1 unspecified atom stereocenters. The van der Waals surface area contributed by atoms with Crippen molar-refractivity contribution in [3.05, 3.63) is 0 Å². The predicted octanol–water partition coefficient (Wildman–Crippen LogP) is 0.232. The van der Waals surface area contributed by atoms with E-state index >= 15 is 0 Å². The fraction of sp³-hybridized carbons (Fsp3) is 1.00. The topological polar surface area (TPSA) is 29.5 Å². The van der Waals surface area contributed by atoms with E-state index in [0.717, 1.165) is 0 Å². The van der Waals surface area contributed by atoms with Crippen LogP contribution in [0.5, 0.6) is 0 Å². The van der Waals surface area contributed by atoms with Gasteiger partial charge in [-0.25, -0.2) is 0 Å². The van der Waals surface area contributed by atoms with E-state index in [-0.39, 0.29) is 12.7 Å². The zero-order valence-electron chi connectivity index (χ0n) is 4.22. The van der Waals surface area contributed by atoms with Crippen LogP contribution in [0.2, 0.25) is 0 Å². The molecule has 0 aromatic heterocycles. The van der Waals surface area contributed by atoms with Gasteiger partial charge in [-0.05, 0) is 0 Å². The van der Waals surface area contributed by atoms with Gasteiger partial charge in [0.05, 0.1) is 18.6 Å². The van der Waals surface area contributed by atoms with Gasteiger partial charge >= 0.3 is 0 Å². The second-order valence-electron chi connectivity index (χ2n) is 1.19. The zero-order chi connectivity index (χ0) is 5.70. The second kappa shape index (κ2) is 4.37. The van der Waals surface area contributed by atoms with Gasteiger partial charge in [-0.15, -0.1) is 11.6 Å². The molecule has 0 fully saturated rings. The van der Waals surface area contributed by atoms with Crippen molar-refractivity contribution in [2.75, 3.05) is 19.6 Å². The summed E-state index contributed by atoms with van der Waals surface area (Å²) in [6, 6.07) is 0. The maximum absolute atomic E-state index is 8.32. The van der Waals surface area contributed by atoms with Crippen molar-refractivity contribution in [1.29, 1.82) is 0 Å². The van der Waals surface area contributed by atoms with Crippen molar-refractivity contribution in [1.82, 2.24) is 0 Å². The summed E-state index contributed by atoms with van der Waals surface area (Å²) in [4.78, 5) is 0. The normalized spacial score (nSPS) is 14.1. The third kappa shape index (κ3) is 2.85. The number of hydrogen-bond donors (Lipinski definition) is 1. The van der Waals surface area contributed by atoms with Gasteiger partial charge in [0, 0.05) is 7.11 Å². The quantitative estimate of drug-likeness (QED) is 0.546. The van der Waals surface area contributed by atoms with Crippen LogP contribution in [0.1, 0.15) is 0 Å². The van der Waals surface area contributed by atoms with E-state index in [4.69, 9.17) is 16.7 Å². The lowest BCUT2D eigenvalue weighted by Gasteiger charge is -2.04. The van der Waals surface area contributed by atoms with Crippen LogP contribution in [0.4, 0.5) is 0 Å². The summed E-state index contributed by atoms with van der Waals surface area (Å²) in [5.74, 6) is 0.354. The van der Waals surface area contributed by atoms with E-state index in [1.807, 2.05) is 0 Å². The Labute approximate surface area is 48.0 Å². The van der Waals surface area contributed by atoms with Crippen LogP contribution in [-0.2, 0) is 4.74 Å². The summed E-state index contributed by atoms with van der Waals surface area (Å²) in [5.41, 5.74) is 0. The van der Waals surface area contributed by atoms with E-state index in [1.54, 1.807) is 0 Å². The molecule has 0 heterocycles. The number of halogens is 1. The molecular formula is C4H9ClO2. The monoisotopic (exact) mass is 124 g/mol. The van der Waals surface area contributed by atoms with Crippen LogP contribution < -0.4 is 0 Å². The van der Waals surface area contributed by atoms with Gasteiger partial charge < -0.3 is 9.84 Å². The molecule has 7 heavy (non-hydrogen) atoms. The molecule has 0 amide bonds. The smallest absolute Gasteiger partial charge is 0.0936 e. The Morgan fingerprint density at radius 1 is 1.86 bits per heavy atom. The number of aliphatic hydroxyl groups excluding tert-OH is 1. The first-order valence-corrected chi connectivity index (χ1v) is 2.58. The summed E-state index contributed by atoms with van der Waals surface area (Å²) in [5, 5.41) is 8.32. The van der Waals surface area contributed by atoms with Crippen molar-refractivity contribution in [2.45, 2.75) is 6.10 Å². The molecular weight excluding hydrogens is 115 g/mol. The molecule has 0 rings (SSSR count). The van der Waals surface area contributed by atoms with E-state index < -0.39 is 0 Å². The number of hydrogen-bond acceptors (Lipinski definition) is 2. The lowest BCUT2D eigenvalue weighted by molar-refractivity contribution is 0.0647. The van der Waals surface area contributed by atoms with E-state index in [1.165, 1.54) is 7.11 Å². The fourth-order valence-electron chi connectivity index (χ4n) is 0.186. The first kappa shape index (κ1) is 7.21. The molecule has 3 heteroatoms. The lowest BCUT2D eigenvalue weighted by atomic mass is 10.4. The maximum atomic E-state index is 8.32. The number of aliphatic hydroxyl groups is 1. The van der Waals surface area contributed by atoms with Gasteiger partial charge in [-0.2, -0.15) is 0 Å². The lowest BCUT2D eigenvalue weighted by Crippen LogP contribution is -2.16. The summed E-state index contributed by atoms with van der Waals surface area (Å²) in [6.07, 6.45) is -0.193. The third-order valence-corrected chi connectivity index (χ3v) is 1.05. The van der Waals surface area contributed by atoms with Crippen LogP contribution in [0.3, 0.4) is 0 Å². The first-order chi connectivity index (χ1) is 3.35. The Kier molecular flexibility index (Phi) is 4.50. The van der Waals surface area contributed by atoms with Gasteiger partial charge in [-0.1, -0.05) is 0 Å². The number of methoxy groups -OCH3 is 1. The molecule has 44 valence electrons. The van der Waals surface area contributed by atoms with Crippen molar-refractivity contribution >= 4 is 11.6 Å². The standard InChI is InChI=1S/C4H9ClO2/c1-7-4(2-5)3-6/h4,6H,2-3H2,1H3. The molecule has 0 saturated carbocycles. The van der Waals surface area contributed by atoms with Crippen molar-refractivity contribution in [3.63, 3.8) is 0 Å². The van der Waals surface area contributed by atoms with Gasteiger partial charge in [0.2, 0.25) is 0 Å². The molecule has 2 nitrogen and oxygen atoms in total. The Morgan fingerprint density at radius 2 is 2.43 bits per heavy atom. The molecule has 0 aliphatic carbocycles. The highest BCUT2D eigenvalue weighted by molar-refractivity contribution is 6.18. The fourth-order valence-corrected chi connectivity index (χ4v) is 0.410. The largest absolute Gasteiger partial charge is 0.394 e. The van der Waals surface area contributed by atoms with E-state index in [9.17, 15) is 0 Å². The first-order valence-electron chi connectivity index (χ1n) is 2.04. The summed E-state index contributed by atoms with van der Waals surface area (Å²) >= 11 is 5.28. The van der Waals surface area contributed by atoms with Crippen molar-refractivity contribution < 1.29 is 9.84 Å². The van der Waals surface area contributed by atoms with Crippen LogP contribution in [0.25, 0.3) is 0 Å². The summed E-state index contributed by atoms with van der Waals surface area (Å²) < 4.78 is 4.67. The van der Waals surface area contributed by atoms with Gasteiger partial charge in [-0.3, -0.25) is 0 Å². The number of rotatable bonds is 3. The van der Waals surface area contributed by atoms with E-state index in [2.05, 4.69) is 4.74 Å². The second-order valence-corrected chi connectivity index (χ2v) is 1.50. The zero-order valence-corrected chi connectivity index (χ0v) is 4.98. The number of alkyl halides is 1. The van der Waals surface area contributed by atoms with Crippen LogP contribution >= 0.6 is 11.6 Å². The minimum atomic E-state index is -0.193. The van der Waals surface area contributed by atoms with Crippen LogP contribution in [-0.4, -0.2) is 30.8 Å². The van der Waals surface area contributed by atoms with E-state index in [0.29, 0.717) is 5.88 Å². The highest BCUT2D eigenvalue weighted by Crippen LogP contribution is 1.89. The molecule has 0 spiro atoms. The summed E-state index contributed by atoms with van der Waals surface area (Å²) in [7, 11) is 1.52. The van der Waals surface area contributed by atoms with Crippen molar-refractivity contribution in [2.24, 2.45) is 0 Å². The molecule has 0 radical (unpaired) electrons. The number of ether oxygens (including phenoxy) is 1.